The Morgan fingerprint density at radius 1 is 1.04 bits per heavy atom. The molecule has 0 spiro atoms. The van der Waals surface area contributed by atoms with Gasteiger partial charge in [0.05, 0.1) is 11.4 Å². The Morgan fingerprint density at radius 2 is 1.75 bits per heavy atom. The SMILES string of the molecule is Cc1nn(-c2ccccc2)c2[nH]c(=O)cc(-c3ccc(Cl)cc3)c12. The van der Waals surface area contributed by atoms with Crippen molar-refractivity contribution < 1.29 is 0 Å². The number of aromatic nitrogens is 3. The van der Waals surface area contributed by atoms with Crippen LogP contribution in [-0.4, -0.2) is 14.8 Å². The van der Waals surface area contributed by atoms with Crippen molar-refractivity contribution in [2.45, 2.75) is 6.92 Å². The van der Waals surface area contributed by atoms with E-state index < -0.39 is 0 Å². The zero-order valence-corrected chi connectivity index (χ0v) is 13.7. The molecule has 4 nitrogen and oxygen atoms in total. The lowest BCUT2D eigenvalue weighted by molar-refractivity contribution is 0.876. The van der Waals surface area contributed by atoms with Crippen LogP contribution in [0.15, 0.2) is 65.5 Å². The van der Waals surface area contributed by atoms with E-state index in [4.69, 9.17) is 11.6 Å². The van der Waals surface area contributed by atoms with Gasteiger partial charge in [-0.1, -0.05) is 41.9 Å². The molecule has 0 amide bonds. The van der Waals surface area contributed by atoms with Crippen LogP contribution in [0.3, 0.4) is 0 Å². The molecule has 4 rings (SSSR count). The number of hydrogen-bond acceptors (Lipinski definition) is 2. The molecule has 0 unspecified atom stereocenters. The van der Waals surface area contributed by atoms with Crippen LogP contribution in [0.1, 0.15) is 5.69 Å². The number of benzene rings is 2. The molecule has 0 aliphatic carbocycles. The van der Waals surface area contributed by atoms with Gasteiger partial charge in [-0.3, -0.25) is 4.79 Å². The largest absolute Gasteiger partial charge is 0.306 e. The van der Waals surface area contributed by atoms with Gasteiger partial charge < -0.3 is 4.98 Å². The summed E-state index contributed by atoms with van der Waals surface area (Å²) in [5, 5.41) is 6.22. The van der Waals surface area contributed by atoms with Gasteiger partial charge in [0.2, 0.25) is 5.56 Å². The second-order valence-corrected chi connectivity index (χ2v) is 6.05. The first-order valence-electron chi connectivity index (χ1n) is 7.57. The van der Waals surface area contributed by atoms with Gasteiger partial charge in [0, 0.05) is 16.5 Å². The maximum Gasteiger partial charge on any atom is 0.250 e. The standard InChI is InChI=1S/C19H14ClN3O/c1-12-18-16(13-7-9-14(20)10-8-13)11-17(24)21-19(18)23(22-12)15-5-3-2-4-6-15/h2-11H,1H3,(H,21,24). The van der Waals surface area contributed by atoms with E-state index in [0.29, 0.717) is 10.7 Å². The minimum atomic E-state index is -0.162. The summed E-state index contributed by atoms with van der Waals surface area (Å²) in [4.78, 5) is 15.1. The van der Waals surface area contributed by atoms with E-state index in [1.54, 1.807) is 10.7 Å². The summed E-state index contributed by atoms with van der Waals surface area (Å²) in [6.07, 6.45) is 0. The summed E-state index contributed by atoms with van der Waals surface area (Å²) in [6, 6.07) is 18.8. The summed E-state index contributed by atoms with van der Waals surface area (Å²) in [5.74, 6) is 0. The molecule has 0 bridgehead atoms. The fraction of sp³-hybridized carbons (Fsp3) is 0.0526. The van der Waals surface area contributed by atoms with Crippen LogP contribution >= 0.6 is 11.6 Å². The lowest BCUT2D eigenvalue weighted by Gasteiger charge is -2.06. The van der Waals surface area contributed by atoms with Crippen LogP contribution in [0, 0.1) is 6.92 Å². The zero-order chi connectivity index (χ0) is 16.7. The molecule has 0 atom stereocenters. The van der Waals surface area contributed by atoms with Crippen LogP contribution < -0.4 is 5.56 Å². The molecular weight excluding hydrogens is 322 g/mol. The van der Waals surface area contributed by atoms with Crippen LogP contribution in [0.25, 0.3) is 27.8 Å². The number of nitrogens with one attached hydrogen (secondary N) is 1. The lowest BCUT2D eigenvalue weighted by Crippen LogP contribution is -2.07. The van der Waals surface area contributed by atoms with Crippen molar-refractivity contribution in [1.29, 1.82) is 0 Å². The molecule has 2 aromatic carbocycles. The van der Waals surface area contributed by atoms with Gasteiger partial charge in [-0.05, 0) is 42.3 Å². The molecule has 1 N–H and O–H groups in total. The van der Waals surface area contributed by atoms with E-state index in [9.17, 15) is 4.79 Å². The van der Waals surface area contributed by atoms with Crippen LogP contribution in [-0.2, 0) is 0 Å². The van der Waals surface area contributed by atoms with Crippen LogP contribution in [0.2, 0.25) is 5.02 Å². The topological polar surface area (TPSA) is 50.7 Å². The Hall–Kier alpha value is -2.85. The summed E-state index contributed by atoms with van der Waals surface area (Å²) in [5.41, 5.74) is 4.08. The van der Waals surface area contributed by atoms with E-state index in [0.717, 1.165) is 27.9 Å². The highest BCUT2D eigenvalue weighted by atomic mass is 35.5. The number of aromatic amines is 1. The first-order chi connectivity index (χ1) is 11.6. The van der Waals surface area contributed by atoms with Gasteiger partial charge in [-0.25, -0.2) is 4.68 Å². The fourth-order valence-corrected chi connectivity index (χ4v) is 3.06. The molecule has 2 heterocycles. The minimum Gasteiger partial charge on any atom is -0.306 e. The third kappa shape index (κ3) is 2.41. The highest BCUT2D eigenvalue weighted by molar-refractivity contribution is 6.30. The lowest BCUT2D eigenvalue weighted by atomic mass is 10.0. The molecule has 0 aliphatic heterocycles. The molecule has 5 heteroatoms. The van der Waals surface area contributed by atoms with Gasteiger partial charge in [-0.2, -0.15) is 5.10 Å². The van der Waals surface area contributed by atoms with Crippen molar-refractivity contribution in [1.82, 2.24) is 14.8 Å². The zero-order valence-electron chi connectivity index (χ0n) is 13.0. The molecule has 4 aromatic rings. The Balaban J connectivity index is 2.05. The van der Waals surface area contributed by atoms with Crippen LogP contribution in [0.4, 0.5) is 0 Å². The fourth-order valence-electron chi connectivity index (χ4n) is 2.93. The normalized spacial score (nSPS) is 11.1. The Labute approximate surface area is 143 Å². The monoisotopic (exact) mass is 335 g/mol. The highest BCUT2D eigenvalue weighted by Crippen LogP contribution is 2.30. The Morgan fingerprint density at radius 3 is 2.46 bits per heavy atom. The number of fused-ring (bicyclic) bond motifs is 1. The minimum absolute atomic E-state index is 0.162. The third-order valence-electron chi connectivity index (χ3n) is 4.00. The van der Waals surface area contributed by atoms with Crippen molar-refractivity contribution in [3.05, 3.63) is 81.7 Å². The van der Waals surface area contributed by atoms with E-state index in [1.165, 1.54) is 0 Å². The summed E-state index contributed by atoms with van der Waals surface area (Å²) in [7, 11) is 0. The third-order valence-corrected chi connectivity index (χ3v) is 4.25. The molecule has 0 aliphatic rings. The first-order valence-corrected chi connectivity index (χ1v) is 7.95. The Bertz CT molecular complexity index is 1080. The first kappa shape index (κ1) is 14.7. The number of rotatable bonds is 2. The summed E-state index contributed by atoms with van der Waals surface area (Å²) >= 11 is 5.98. The van der Waals surface area contributed by atoms with Crippen molar-refractivity contribution in [2.75, 3.05) is 0 Å². The van der Waals surface area contributed by atoms with E-state index in [-0.39, 0.29) is 5.56 Å². The number of hydrogen-bond donors (Lipinski definition) is 1. The van der Waals surface area contributed by atoms with E-state index in [2.05, 4.69) is 10.1 Å². The molecule has 0 fully saturated rings. The van der Waals surface area contributed by atoms with Gasteiger partial charge in [0.25, 0.3) is 0 Å². The van der Waals surface area contributed by atoms with Crippen LogP contribution in [0.5, 0.6) is 0 Å². The van der Waals surface area contributed by atoms with Crippen molar-refractivity contribution >= 4 is 22.6 Å². The predicted octanol–water partition coefficient (Wildman–Crippen LogP) is 4.34. The molecule has 0 saturated carbocycles. The molecule has 0 radical (unpaired) electrons. The number of aryl methyl sites for hydroxylation is 1. The summed E-state index contributed by atoms with van der Waals surface area (Å²) in [6.45, 7) is 1.94. The van der Waals surface area contributed by atoms with E-state index in [1.807, 2.05) is 61.5 Å². The molecular formula is C19H14ClN3O. The molecule has 118 valence electrons. The highest BCUT2D eigenvalue weighted by Gasteiger charge is 2.15. The number of H-pyrrole nitrogens is 1. The molecule has 2 aromatic heterocycles. The van der Waals surface area contributed by atoms with Gasteiger partial charge in [0.1, 0.15) is 5.65 Å². The van der Waals surface area contributed by atoms with Gasteiger partial charge in [-0.15, -0.1) is 0 Å². The van der Waals surface area contributed by atoms with Crippen molar-refractivity contribution in [2.24, 2.45) is 0 Å². The predicted molar refractivity (Wildman–Crippen MR) is 96.9 cm³/mol. The Kier molecular flexibility index (Phi) is 3.47. The van der Waals surface area contributed by atoms with E-state index >= 15 is 0 Å². The number of nitrogens with zero attached hydrogens (tertiary/aromatic N) is 2. The average Bonchev–Trinajstić information content (AvgIpc) is 2.92. The average molecular weight is 336 g/mol. The second-order valence-electron chi connectivity index (χ2n) is 5.61. The van der Waals surface area contributed by atoms with Crippen molar-refractivity contribution in [3.63, 3.8) is 0 Å². The smallest absolute Gasteiger partial charge is 0.250 e. The second kappa shape index (κ2) is 5.65. The maximum atomic E-state index is 12.2. The molecule has 24 heavy (non-hydrogen) atoms. The number of halogens is 1. The number of para-hydroxylation sites is 1. The molecule has 0 saturated heterocycles. The van der Waals surface area contributed by atoms with Gasteiger partial charge >= 0.3 is 0 Å². The number of pyridine rings is 1. The van der Waals surface area contributed by atoms with Crippen molar-refractivity contribution in [3.8, 4) is 16.8 Å². The quantitative estimate of drug-likeness (QED) is 0.592. The maximum absolute atomic E-state index is 12.2. The summed E-state index contributed by atoms with van der Waals surface area (Å²) < 4.78 is 1.77. The van der Waals surface area contributed by atoms with Gasteiger partial charge in [0.15, 0.2) is 0 Å².